The van der Waals surface area contributed by atoms with E-state index >= 15 is 0 Å². The molecule has 130 valence electrons. The molecule has 0 fully saturated rings. The molecule has 1 unspecified atom stereocenters. The minimum atomic E-state index is -2.21. The summed E-state index contributed by atoms with van der Waals surface area (Å²) in [5.41, 5.74) is 0.184. The van der Waals surface area contributed by atoms with Gasteiger partial charge >= 0.3 is 6.09 Å². The molecule has 1 atom stereocenters. The minimum Gasteiger partial charge on any atom is -0.444 e. The highest BCUT2D eigenvalue weighted by molar-refractivity contribution is 8.02. The van der Waals surface area contributed by atoms with Crippen molar-refractivity contribution in [3.8, 4) is 0 Å². The van der Waals surface area contributed by atoms with Crippen LogP contribution in [-0.2, 0) is 19.5 Å². The molecule has 0 aliphatic carbocycles. The molecule has 0 heterocycles. The van der Waals surface area contributed by atoms with Gasteiger partial charge < -0.3 is 10.1 Å². The fraction of sp³-hybridized carbons (Fsp3) is 0.800. The van der Waals surface area contributed by atoms with Gasteiger partial charge in [-0.1, -0.05) is 0 Å². The summed E-state index contributed by atoms with van der Waals surface area (Å²) in [5, 5.41) is 2.58. The number of rotatable bonds is 7. The Morgan fingerprint density at radius 3 is 2.18 bits per heavy atom. The molecule has 0 aliphatic rings. The zero-order valence-electron chi connectivity index (χ0n) is 14.7. The van der Waals surface area contributed by atoms with Gasteiger partial charge in [0.15, 0.2) is 5.78 Å². The molecule has 22 heavy (non-hydrogen) atoms. The molecule has 7 heteroatoms. The Hall–Kier alpha value is -1.24. The number of nitrogens with zero attached hydrogens (tertiary/aromatic N) is 1. The second-order valence-corrected chi connectivity index (χ2v) is 10.3. The van der Waals surface area contributed by atoms with E-state index in [9.17, 15) is 13.8 Å². The first kappa shape index (κ1) is 20.8. The van der Waals surface area contributed by atoms with Crippen molar-refractivity contribution < 1.29 is 18.5 Å². The highest BCUT2D eigenvalue weighted by Crippen LogP contribution is 2.09. The van der Waals surface area contributed by atoms with Crippen molar-refractivity contribution in [3.05, 3.63) is 0 Å². The lowest BCUT2D eigenvalue weighted by molar-refractivity contribution is -0.119. The maximum atomic E-state index is 11.9. The number of ketones is 1. The van der Waals surface area contributed by atoms with Crippen LogP contribution < -0.4 is 5.32 Å². The molecule has 0 aromatic carbocycles. The van der Waals surface area contributed by atoms with Crippen molar-refractivity contribution in [2.45, 2.75) is 52.2 Å². The van der Waals surface area contributed by atoms with Crippen molar-refractivity contribution in [2.24, 2.45) is 4.99 Å². The molecule has 0 rings (SSSR count). The lowest BCUT2D eigenvalue weighted by Gasteiger charge is -2.23. The summed E-state index contributed by atoms with van der Waals surface area (Å²) in [6.07, 6.45) is 3.74. The van der Waals surface area contributed by atoms with Crippen molar-refractivity contribution in [1.29, 1.82) is 0 Å². The van der Waals surface area contributed by atoms with E-state index in [0.29, 0.717) is 18.6 Å². The van der Waals surface area contributed by atoms with Crippen LogP contribution in [0.25, 0.3) is 0 Å². The van der Waals surface area contributed by atoms with Gasteiger partial charge in [-0.15, -0.1) is 9.93 Å². The van der Waals surface area contributed by atoms with Gasteiger partial charge in [0.2, 0.25) is 0 Å². The molecule has 0 saturated heterocycles. The van der Waals surface area contributed by atoms with Crippen molar-refractivity contribution >= 4 is 27.5 Å². The molecule has 0 spiro atoms. The number of carbonyl (C=O) groups is 2. The minimum absolute atomic E-state index is 0.141. The second-order valence-electron chi connectivity index (χ2n) is 6.87. The van der Waals surface area contributed by atoms with Crippen LogP contribution in [0.5, 0.6) is 0 Å². The first-order chi connectivity index (χ1) is 9.84. The summed E-state index contributed by atoms with van der Waals surface area (Å²) >= 11 is 0. The van der Waals surface area contributed by atoms with Crippen LogP contribution in [0.3, 0.4) is 0 Å². The SMILES string of the molecule is CN=C(CCC(NC(=O)OC(C)(C)C)C(C)=O)C[SH](C)(C)=O. The number of hydrogen-bond donors (Lipinski definition) is 2. The first-order valence-corrected chi connectivity index (χ1v) is 10.1. The Kier molecular flexibility index (Phi) is 7.93. The standard InChI is InChI=1S/C15H30N2O4S/c1-11(18)13(17-14(19)21-15(2,3)4)9-8-12(16-5)10-22(6,7)20/h13,22H,8-10H2,1-7H3,(H,17,19). The Morgan fingerprint density at radius 1 is 1.27 bits per heavy atom. The smallest absolute Gasteiger partial charge is 0.408 e. The number of ether oxygens (including phenoxy) is 1. The molecule has 1 amide bonds. The normalized spacial score (nSPS) is 15.1. The molecule has 1 N–H and O–H groups in total. The summed E-state index contributed by atoms with van der Waals surface area (Å²) in [6.45, 7) is 6.71. The number of amides is 1. The fourth-order valence-electron chi connectivity index (χ4n) is 1.84. The predicted octanol–water partition coefficient (Wildman–Crippen LogP) is 1.60. The number of nitrogens with one attached hydrogen (secondary N) is 1. The predicted molar refractivity (Wildman–Crippen MR) is 92.7 cm³/mol. The number of thiol groups is 1. The lowest BCUT2D eigenvalue weighted by atomic mass is 10.1. The van der Waals surface area contributed by atoms with Crippen molar-refractivity contribution in [3.63, 3.8) is 0 Å². The van der Waals surface area contributed by atoms with Crippen LogP contribution in [0.4, 0.5) is 4.79 Å². The average molecular weight is 334 g/mol. The van der Waals surface area contributed by atoms with Gasteiger partial charge in [-0.05, 0) is 53.0 Å². The maximum Gasteiger partial charge on any atom is 0.408 e. The number of carbonyl (C=O) groups excluding carboxylic acids is 2. The monoisotopic (exact) mass is 334 g/mol. The van der Waals surface area contributed by atoms with Crippen LogP contribution in [0.15, 0.2) is 4.99 Å². The van der Waals surface area contributed by atoms with Crippen LogP contribution >= 0.6 is 0 Å². The number of Topliss-reactive ketones (excluding diaryl/α,β-unsaturated/α-hetero) is 1. The number of alkyl carbamates (subject to hydrolysis) is 1. The molecular formula is C15H30N2O4S. The molecule has 0 saturated carbocycles. The van der Waals surface area contributed by atoms with E-state index in [1.807, 2.05) is 0 Å². The highest BCUT2D eigenvalue weighted by Gasteiger charge is 2.22. The van der Waals surface area contributed by atoms with E-state index in [4.69, 9.17) is 4.74 Å². The molecular weight excluding hydrogens is 304 g/mol. The van der Waals surface area contributed by atoms with E-state index in [0.717, 1.165) is 5.71 Å². The summed E-state index contributed by atoms with van der Waals surface area (Å²) < 4.78 is 17.0. The number of hydrogen-bond acceptors (Lipinski definition) is 5. The van der Waals surface area contributed by atoms with Crippen LogP contribution in [0.2, 0.25) is 0 Å². The van der Waals surface area contributed by atoms with Crippen molar-refractivity contribution in [2.75, 3.05) is 25.3 Å². The Labute approximate surface area is 134 Å². The van der Waals surface area contributed by atoms with Gasteiger partial charge in [0.1, 0.15) is 5.60 Å². The molecule has 0 aliphatic heterocycles. The molecule has 6 nitrogen and oxygen atoms in total. The molecule has 0 radical (unpaired) electrons. The van der Waals surface area contributed by atoms with Gasteiger partial charge in [-0.2, -0.15) is 0 Å². The van der Waals surface area contributed by atoms with E-state index in [2.05, 4.69) is 10.3 Å². The van der Waals surface area contributed by atoms with E-state index in [1.165, 1.54) is 6.92 Å². The number of aliphatic imine (C=N–C) groups is 1. The lowest BCUT2D eigenvalue weighted by Crippen LogP contribution is -2.43. The second kappa shape index (κ2) is 8.41. The quantitative estimate of drug-likeness (QED) is 0.547. The zero-order valence-corrected chi connectivity index (χ0v) is 15.6. The molecule has 0 aromatic rings. The third kappa shape index (κ3) is 10.5. The average Bonchev–Trinajstić information content (AvgIpc) is 2.28. The summed E-state index contributed by atoms with van der Waals surface area (Å²) in [7, 11) is -0.557. The third-order valence-corrected chi connectivity index (χ3v) is 3.91. The topological polar surface area (TPSA) is 84.8 Å². The highest BCUT2D eigenvalue weighted by atomic mass is 32.2. The van der Waals surface area contributed by atoms with Gasteiger partial charge in [0, 0.05) is 18.5 Å². The molecule has 0 bridgehead atoms. The Morgan fingerprint density at radius 2 is 1.82 bits per heavy atom. The van der Waals surface area contributed by atoms with E-state index in [-0.39, 0.29) is 5.78 Å². The van der Waals surface area contributed by atoms with E-state index < -0.39 is 27.7 Å². The van der Waals surface area contributed by atoms with Crippen molar-refractivity contribution in [1.82, 2.24) is 5.32 Å². The first-order valence-electron chi connectivity index (χ1n) is 7.32. The van der Waals surface area contributed by atoms with Gasteiger partial charge in [-0.25, -0.2) is 4.79 Å². The van der Waals surface area contributed by atoms with Gasteiger partial charge in [0.05, 0.1) is 6.04 Å². The van der Waals surface area contributed by atoms with Crippen LogP contribution in [-0.4, -0.2) is 58.8 Å². The maximum absolute atomic E-state index is 11.9. The fourth-order valence-corrected chi connectivity index (χ4v) is 3.02. The van der Waals surface area contributed by atoms with E-state index in [1.54, 1.807) is 40.3 Å². The summed E-state index contributed by atoms with van der Waals surface area (Å²) in [6, 6.07) is -0.625. The summed E-state index contributed by atoms with van der Waals surface area (Å²) in [5.74, 6) is 0.290. The summed E-state index contributed by atoms with van der Waals surface area (Å²) in [4.78, 5) is 27.6. The Balaban J connectivity index is 4.63. The van der Waals surface area contributed by atoms with Crippen LogP contribution in [0.1, 0.15) is 40.5 Å². The third-order valence-electron chi connectivity index (χ3n) is 2.78. The van der Waals surface area contributed by atoms with Crippen LogP contribution in [0, 0.1) is 0 Å². The Bertz CT molecular complexity index is 474. The van der Waals surface area contributed by atoms with Gasteiger partial charge in [-0.3, -0.25) is 14.0 Å². The zero-order chi connectivity index (χ0) is 17.6. The van der Waals surface area contributed by atoms with Gasteiger partial charge in [0.25, 0.3) is 0 Å². The largest absolute Gasteiger partial charge is 0.444 e. The molecule has 0 aromatic heterocycles.